The second-order valence-corrected chi connectivity index (χ2v) is 9.35. The molecule has 6 nitrogen and oxygen atoms in total. The van der Waals surface area contributed by atoms with Gasteiger partial charge in [0.05, 0.1) is 17.6 Å². The molecule has 4 rings (SSSR count). The van der Waals surface area contributed by atoms with Crippen LogP contribution in [0.2, 0.25) is 0 Å². The smallest absolute Gasteiger partial charge is 0.419 e. The summed E-state index contributed by atoms with van der Waals surface area (Å²) in [6, 6.07) is 16.9. The van der Waals surface area contributed by atoms with Gasteiger partial charge < -0.3 is 14.6 Å². The van der Waals surface area contributed by atoms with Crippen molar-refractivity contribution in [2.75, 3.05) is 0 Å². The van der Waals surface area contributed by atoms with Crippen molar-refractivity contribution >= 4 is 23.0 Å². The summed E-state index contributed by atoms with van der Waals surface area (Å²) in [6.45, 7) is 5.25. The maximum Gasteiger partial charge on any atom is 0.419 e. The normalized spacial score (nSPS) is 11.5. The van der Waals surface area contributed by atoms with Crippen molar-refractivity contribution < 1.29 is 33.0 Å². The average Bonchev–Trinajstić information content (AvgIpc) is 3.14. The summed E-state index contributed by atoms with van der Waals surface area (Å²) in [6.07, 6.45) is -0.893. The Labute approximate surface area is 206 Å². The fourth-order valence-electron chi connectivity index (χ4n) is 3.83. The first-order valence-corrected chi connectivity index (χ1v) is 11.3. The number of rotatable bonds is 6. The predicted molar refractivity (Wildman–Crippen MR) is 131 cm³/mol. The summed E-state index contributed by atoms with van der Waals surface area (Å²) < 4.78 is 41.1. The molecule has 0 aliphatic heterocycles. The van der Waals surface area contributed by atoms with Crippen molar-refractivity contribution in [1.82, 2.24) is 4.57 Å². The highest BCUT2D eigenvalue weighted by Crippen LogP contribution is 2.28. The van der Waals surface area contributed by atoms with Crippen LogP contribution in [0.1, 0.15) is 32.0 Å². The van der Waals surface area contributed by atoms with Crippen molar-refractivity contribution in [1.29, 1.82) is 0 Å². The lowest BCUT2D eigenvalue weighted by atomic mass is 10.0. The third kappa shape index (κ3) is 5.71. The van der Waals surface area contributed by atoms with Gasteiger partial charge in [0.1, 0.15) is 29.6 Å². The largest absolute Gasteiger partial charge is 0.487 e. The molecule has 0 unspecified atom stereocenters. The lowest BCUT2D eigenvalue weighted by Gasteiger charge is -2.21. The first-order chi connectivity index (χ1) is 17.0. The number of halogens is 2. The van der Waals surface area contributed by atoms with Gasteiger partial charge in [0, 0.05) is 10.9 Å². The Kier molecular flexibility index (Phi) is 6.79. The summed E-state index contributed by atoms with van der Waals surface area (Å²) in [5.74, 6) is -1.54. The van der Waals surface area contributed by atoms with E-state index < -0.39 is 29.3 Å². The molecular weight excluding hydrogens is 468 g/mol. The van der Waals surface area contributed by atoms with E-state index in [1.165, 1.54) is 22.8 Å². The highest BCUT2D eigenvalue weighted by molar-refractivity contribution is 5.91. The summed E-state index contributed by atoms with van der Waals surface area (Å²) in [4.78, 5) is 23.7. The third-order valence-electron chi connectivity index (χ3n) is 5.36. The van der Waals surface area contributed by atoms with E-state index in [2.05, 4.69) is 0 Å². The van der Waals surface area contributed by atoms with Crippen LogP contribution >= 0.6 is 0 Å². The molecule has 0 spiro atoms. The summed E-state index contributed by atoms with van der Waals surface area (Å²) >= 11 is 0. The number of nitrogens with zero attached hydrogens (tertiary/aromatic N) is 1. The number of ether oxygens (including phenoxy) is 2. The van der Waals surface area contributed by atoms with Crippen LogP contribution < -0.4 is 4.74 Å². The van der Waals surface area contributed by atoms with Crippen molar-refractivity contribution in [3.8, 4) is 16.9 Å². The number of benzene rings is 3. The SMILES string of the molecule is CC(C)(C)OC(=O)n1c(COc2ccc(-c3ccc(CC(=O)O)cc3F)cc2)cc2ccc(F)cc21. The second-order valence-electron chi connectivity index (χ2n) is 9.35. The first kappa shape index (κ1) is 24.9. The van der Waals surface area contributed by atoms with E-state index in [0.717, 1.165) is 0 Å². The zero-order valence-corrected chi connectivity index (χ0v) is 20.0. The number of aromatic nitrogens is 1. The Hall–Kier alpha value is -4.20. The molecular formula is C28H25F2NO5. The van der Waals surface area contributed by atoms with Gasteiger partial charge in [0.2, 0.25) is 0 Å². The number of hydrogen-bond donors (Lipinski definition) is 1. The molecule has 0 radical (unpaired) electrons. The predicted octanol–water partition coefficient (Wildman–Crippen LogP) is 6.58. The molecule has 1 heterocycles. The van der Waals surface area contributed by atoms with Gasteiger partial charge in [-0.25, -0.2) is 18.1 Å². The van der Waals surface area contributed by atoms with Crippen molar-refractivity contribution in [3.05, 3.63) is 89.6 Å². The molecule has 0 saturated carbocycles. The Morgan fingerprint density at radius 1 is 0.944 bits per heavy atom. The van der Waals surface area contributed by atoms with Gasteiger partial charge in [-0.2, -0.15) is 0 Å². The minimum absolute atomic E-state index is 0.00708. The first-order valence-electron chi connectivity index (χ1n) is 11.3. The van der Waals surface area contributed by atoms with E-state index in [-0.39, 0.29) is 13.0 Å². The zero-order chi connectivity index (χ0) is 26.0. The van der Waals surface area contributed by atoms with Gasteiger partial charge in [-0.1, -0.05) is 24.3 Å². The van der Waals surface area contributed by atoms with Crippen molar-refractivity contribution in [3.63, 3.8) is 0 Å². The third-order valence-corrected chi connectivity index (χ3v) is 5.36. The van der Waals surface area contributed by atoms with Gasteiger partial charge in [0.25, 0.3) is 0 Å². The van der Waals surface area contributed by atoms with E-state index in [1.807, 2.05) is 0 Å². The highest BCUT2D eigenvalue weighted by Gasteiger charge is 2.23. The fraction of sp³-hybridized carbons (Fsp3) is 0.214. The zero-order valence-electron chi connectivity index (χ0n) is 20.0. The molecule has 0 aliphatic carbocycles. The van der Waals surface area contributed by atoms with Crippen LogP contribution in [0.5, 0.6) is 5.75 Å². The van der Waals surface area contributed by atoms with Gasteiger partial charge in [-0.3, -0.25) is 4.79 Å². The van der Waals surface area contributed by atoms with Crippen LogP contribution in [0.25, 0.3) is 22.0 Å². The number of carboxylic acids is 1. The number of carbonyl (C=O) groups is 2. The molecule has 186 valence electrons. The Balaban J connectivity index is 1.55. The quantitative estimate of drug-likeness (QED) is 0.328. The van der Waals surface area contributed by atoms with Crippen molar-refractivity contribution in [2.45, 2.75) is 39.4 Å². The monoisotopic (exact) mass is 493 g/mol. The second kappa shape index (κ2) is 9.81. The molecule has 0 saturated heterocycles. The average molecular weight is 494 g/mol. The van der Waals surface area contributed by atoms with Crippen LogP contribution in [0.3, 0.4) is 0 Å². The minimum atomic E-state index is -1.03. The molecule has 0 atom stereocenters. The fourth-order valence-corrected chi connectivity index (χ4v) is 3.83. The Morgan fingerprint density at radius 2 is 1.67 bits per heavy atom. The van der Waals surface area contributed by atoms with E-state index in [4.69, 9.17) is 14.6 Å². The van der Waals surface area contributed by atoms with Gasteiger partial charge in [0.15, 0.2) is 0 Å². The van der Waals surface area contributed by atoms with Crippen LogP contribution in [-0.2, 0) is 22.6 Å². The minimum Gasteiger partial charge on any atom is -0.487 e. The Morgan fingerprint density at radius 3 is 2.31 bits per heavy atom. The molecule has 0 bridgehead atoms. The molecule has 0 aliphatic rings. The molecule has 3 aromatic carbocycles. The molecule has 4 aromatic rings. The summed E-state index contributed by atoms with van der Waals surface area (Å²) in [5.41, 5.74) is 1.43. The topological polar surface area (TPSA) is 77.8 Å². The molecule has 8 heteroatoms. The lowest BCUT2D eigenvalue weighted by molar-refractivity contribution is -0.136. The number of carboxylic acid groups (broad SMARTS) is 1. The van der Waals surface area contributed by atoms with Crippen LogP contribution in [0.4, 0.5) is 13.6 Å². The van der Waals surface area contributed by atoms with Gasteiger partial charge >= 0.3 is 12.1 Å². The number of hydrogen-bond acceptors (Lipinski definition) is 4. The molecule has 1 aromatic heterocycles. The van der Waals surface area contributed by atoms with E-state index in [1.54, 1.807) is 69.3 Å². The summed E-state index contributed by atoms with van der Waals surface area (Å²) in [7, 11) is 0. The van der Waals surface area contributed by atoms with Gasteiger partial charge in [-0.15, -0.1) is 0 Å². The molecule has 1 N–H and O–H groups in total. The maximum absolute atomic E-state index is 14.5. The van der Waals surface area contributed by atoms with Crippen molar-refractivity contribution in [2.24, 2.45) is 0 Å². The number of aliphatic carboxylic acids is 1. The Bertz CT molecular complexity index is 1440. The van der Waals surface area contributed by atoms with Crippen LogP contribution in [0.15, 0.2) is 66.7 Å². The lowest BCUT2D eigenvalue weighted by Crippen LogP contribution is -2.28. The molecule has 0 amide bonds. The highest BCUT2D eigenvalue weighted by atomic mass is 19.1. The van der Waals surface area contributed by atoms with E-state index >= 15 is 0 Å². The van der Waals surface area contributed by atoms with Crippen LogP contribution in [0, 0.1) is 11.6 Å². The van der Waals surface area contributed by atoms with Gasteiger partial charge in [-0.05, 0) is 74.4 Å². The maximum atomic E-state index is 14.5. The number of carbonyl (C=O) groups excluding carboxylic acids is 1. The molecule has 36 heavy (non-hydrogen) atoms. The van der Waals surface area contributed by atoms with E-state index in [9.17, 15) is 18.4 Å². The molecule has 0 fully saturated rings. The number of fused-ring (bicyclic) bond motifs is 1. The van der Waals surface area contributed by atoms with E-state index in [0.29, 0.717) is 39.0 Å². The standard InChI is InChI=1S/C28H25F2NO5/c1-28(2,3)36-27(34)31-21(14-19-5-8-20(29)15-25(19)31)16-35-22-9-6-18(7-10-22)23-11-4-17(12-24(23)30)13-26(32)33/h4-12,14-15H,13,16H2,1-3H3,(H,32,33). The van der Waals surface area contributed by atoms with Crippen LogP contribution in [-0.4, -0.2) is 27.3 Å². The summed E-state index contributed by atoms with van der Waals surface area (Å²) in [5, 5.41) is 9.54.